The van der Waals surface area contributed by atoms with Gasteiger partial charge in [0.05, 0.1) is 6.10 Å². The zero-order chi connectivity index (χ0) is 13.5. The van der Waals surface area contributed by atoms with E-state index in [4.69, 9.17) is 4.74 Å². The molecule has 5 nitrogen and oxygen atoms in total. The quantitative estimate of drug-likeness (QED) is 0.689. The Balaban J connectivity index is 1.61. The summed E-state index contributed by atoms with van der Waals surface area (Å²) in [6.07, 6.45) is 2.19. The molecule has 0 aromatic carbocycles. The van der Waals surface area contributed by atoms with Crippen LogP contribution in [0, 0.1) is 5.92 Å². The number of methoxy groups -OCH3 is 1. The van der Waals surface area contributed by atoms with Crippen molar-refractivity contribution in [1.29, 1.82) is 0 Å². The first kappa shape index (κ1) is 15.2. The molecule has 2 heterocycles. The fourth-order valence-electron chi connectivity index (χ4n) is 3.12. The lowest BCUT2D eigenvalue weighted by Gasteiger charge is -2.35. The van der Waals surface area contributed by atoms with Crippen molar-refractivity contribution in [2.45, 2.75) is 18.9 Å². The Bertz CT molecular complexity index is 239. The smallest absolute Gasteiger partial charge is 0.0793 e. The highest BCUT2D eigenvalue weighted by Gasteiger charge is 2.22. The van der Waals surface area contributed by atoms with Crippen molar-refractivity contribution < 1.29 is 9.84 Å². The predicted molar refractivity (Wildman–Crippen MR) is 76.4 cm³/mol. The largest absolute Gasteiger partial charge is 0.390 e. The van der Waals surface area contributed by atoms with Gasteiger partial charge in [-0.1, -0.05) is 0 Å². The Morgan fingerprint density at radius 2 is 1.68 bits per heavy atom. The number of hydrogen-bond donors (Lipinski definition) is 2. The third-order valence-electron chi connectivity index (χ3n) is 4.26. The van der Waals surface area contributed by atoms with Gasteiger partial charge in [0, 0.05) is 53.0 Å². The molecule has 2 N–H and O–H groups in total. The number of nitrogens with one attached hydrogen (secondary N) is 1. The molecule has 2 saturated heterocycles. The minimum absolute atomic E-state index is 0.211. The van der Waals surface area contributed by atoms with E-state index in [2.05, 4.69) is 15.1 Å². The third-order valence-corrected chi connectivity index (χ3v) is 4.26. The summed E-state index contributed by atoms with van der Waals surface area (Å²) in [5.74, 6) is 0.714. The molecule has 5 heteroatoms. The Hall–Kier alpha value is -0.200. The van der Waals surface area contributed by atoms with Crippen molar-refractivity contribution in [2.75, 3.05) is 66.1 Å². The number of ether oxygens (including phenoxy) is 1. The van der Waals surface area contributed by atoms with Crippen molar-refractivity contribution in [3.63, 3.8) is 0 Å². The average Bonchev–Trinajstić information content (AvgIpc) is 2.42. The minimum Gasteiger partial charge on any atom is -0.390 e. The van der Waals surface area contributed by atoms with Crippen LogP contribution in [0.3, 0.4) is 0 Å². The molecule has 0 radical (unpaired) electrons. The highest BCUT2D eigenvalue weighted by molar-refractivity contribution is 4.77. The maximum Gasteiger partial charge on any atom is 0.0793 e. The second-order valence-corrected chi connectivity index (χ2v) is 5.90. The zero-order valence-electron chi connectivity index (χ0n) is 12.2. The normalized spacial score (nSPS) is 25.6. The van der Waals surface area contributed by atoms with Gasteiger partial charge in [0.25, 0.3) is 0 Å². The van der Waals surface area contributed by atoms with E-state index in [-0.39, 0.29) is 6.10 Å². The predicted octanol–water partition coefficient (Wildman–Crippen LogP) is -0.389. The van der Waals surface area contributed by atoms with Crippen LogP contribution in [0.25, 0.3) is 0 Å². The molecule has 2 aliphatic rings. The average molecular weight is 271 g/mol. The van der Waals surface area contributed by atoms with Crippen LogP contribution in [0.5, 0.6) is 0 Å². The van der Waals surface area contributed by atoms with Gasteiger partial charge in [-0.3, -0.25) is 4.90 Å². The van der Waals surface area contributed by atoms with E-state index in [0.717, 1.165) is 59.0 Å². The van der Waals surface area contributed by atoms with E-state index in [1.165, 1.54) is 12.8 Å². The fraction of sp³-hybridized carbons (Fsp3) is 1.00. The summed E-state index contributed by atoms with van der Waals surface area (Å²) in [6.45, 7) is 8.96. The van der Waals surface area contributed by atoms with Gasteiger partial charge in [-0.2, -0.15) is 0 Å². The highest BCUT2D eigenvalue weighted by atomic mass is 16.5. The fourth-order valence-corrected chi connectivity index (χ4v) is 3.12. The van der Waals surface area contributed by atoms with Crippen molar-refractivity contribution in [1.82, 2.24) is 15.1 Å². The monoisotopic (exact) mass is 271 g/mol. The van der Waals surface area contributed by atoms with Crippen LogP contribution in [-0.4, -0.2) is 87.1 Å². The van der Waals surface area contributed by atoms with Gasteiger partial charge in [0.1, 0.15) is 0 Å². The van der Waals surface area contributed by atoms with E-state index in [1.54, 1.807) is 7.11 Å². The number of piperazine rings is 1. The third kappa shape index (κ3) is 5.36. The molecule has 2 fully saturated rings. The van der Waals surface area contributed by atoms with Crippen molar-refractivity contribution in [2.24, 2.45) is 5.92 Å². The van der Waals surface area contributed by atoms with Gasteiger partial charge < -0.3 is 20.1 Å². The van der Waals surface area contributed by atoms with E-state index in [1.807, 2.05) is 0 Å². The first-order valence-corrected chi connectivity index (χ1v) is 7.60. The van der Waals surface area contributed by atoms with Crippen LogP contribution in [0.2, 0.25) is 0 Å². The molecular weight excluding hydrogens is 242 g/mol. The van der Waals surface area contributed by atoms with Crippen LogP contribution in [-0.2, 0) is 4.74 Å². The molecule has 0 aromatic rings. The second-order valence-electron chi connectivity index (χ2n) is 5.90. The summed E-state index contributed by atoms with van der Waals surface area (Å²) < 4.78 is 5.22. The van der Waals surface area contributed by atoms with Crippen LogP contribution >= 0.6 is 0 Å². The molecule has 112 valence electrons. The van der Waals surface area contributed by atoms with Gasteiger partial charge >= 0.3 is 0 Å². The molecular formula is C14H29N3O2. The molecule has 2 aliphatic heterocycles. The first-order chi connectivity index (χ1) is 9.28. The van der Waals surface area contributed by atoms with Gasteiger partial charge in [0.2, 0.25) is 0 Å². The van der Waals surface area contributed by atoms with Crippen molar-refractivity contribution >= 4 is 0 Å². The van der Waals surface area contributed by atoms with E-state index < -0.39 is 0 Å². The Morgan fingerprint density at radius 3 is 2.26 bits per heavy atom. The Kier molecular flexibility index (Phi) is 6.53. The second kappa shape index (κ2) is 8.17. The summed E-state index contributed by atoms with van der Waals surface area (Å²) in [5.41, 5.74) is 0. The number of likely N-dealkylation sites (tertiary alicyclic amines) is 1. The zero-order valence-corrected chi connectivity index (χ0v) is 12.2. The molecule has 2 rings (SSSR count). The molecule has 0 amide bonds. The van der Waals surface area contributed by atoms with Crippen LogP contribution < -0.4 is 5.32 Å². The van der Waals surface area contributed by atoms with Crippen molar-refractivity contribution in [3.8, 4) is 0 Å². The van der Waals surface area contributed by atoms with Gasteiger partial charge in [-0.05, 0) is 31.8 Å². The number of aliphatic hydroxyl groups excluding tert-OH is 1. The summed E-state index contributed by atoms with van der Waals surface area (Å²) in [6, 6.07) is 0. The number of aliphatic hydroxyl groups is 1. The summed E-state index contributed by atoms with van der Waals surface area (Å²) in [4.78, 5) is 4.76. The first-order valence-electron chi connectivity index (χ1n) is 7.60. The van der Waals surface area contributed by atoms with Crippen LogP contribution in [0.15, 0.2) is 0 Å². The number of β-amino-alcohol motifs (C(OH)–C–C–N with tert-alkyl or cyclic N) is 1. The molecule has 19 heavy (non-hydrogen) atoms. The summed E-state index contributed by atoms with van der Waals surface area (Å²) in [7, 11) is 1.78. The Labute approximate surface area is 116 Å². The number of hydrogen-bond acceptors (Lipinski definition) is 5. The molecule has 0 spiro atoms. The lowest BCUT2D eigenvalue weighted by atomic mass is 9.97. The van der Waals surface area contributed by atoms with Gasteiger partial charge in [0.15, 0.2) is 0 Å². The molecule has 0 saturated carbocycles. The highest BCUT2D eigenvalue weighted by Crippen LogP contribution is 2.17. The van der Waals surface area contributed by atoms with Crippen LogP contribution in [0.1, 0.15) is 12.8 Å². The SMILES string of the molecule is COCC1CCN(CC(O)CN2CCNCC2)CC1. The maximum atomic E-state index is 10.2. The number of piperidine rings is 1. The topological polar surface area (TPSA) is 48.0 Å². The van der Waals surface area contributed by atoms with Gasteiger partial charge in [-0.25, -0.2) is 0 Å². The van der Waals surface area contributed by atoms with Gasteiger partial charge in [-0.15, -0.1) is 0 Å². The molecule has 0 aromatic heterocycles. The standard InChI is InChI=1S/C14H29N3O2/c1-19-12-13-2-6-16(7-3-13)10-14(18)11-17-8-4-15-5-9-17/h13-15,18H,2-12H2,1H3. The minimum atomic E-state index is -0.211. The molecule has 0 bridgehead atoms. The van der Waals surface area contributed by atoms with Crippen LogP contribution in [0.4, 0.5) is 0 Å². The van der Waals surface area contributed by atoms with Crippen molar-refractivity contribution in [3.05, 3.63) is 0 Å². The van der Waals surface area contributed by atoms with E-state index in [0.29, 0.717) is 5.92 Å². The lowest BCUT2D eigenvalue weighted by Crippen LogP contribution is -2.49. The molecule has 0 aliphatic carbocycles. The number of rotatable bonds is 6. The molecule has 1 unspecified atom stereocenters. The molecule has 1 atom stereocenters. The lowest BCUT2D eigenvalue weighted by molar-refractivity contribution is 0.0457. The summed E-state index contributed by atoms with van der Waals surface area (Å²) >= 11 is 0. The van der Waals surface area contributed by atoms with E-state index >= 15 is 0 Å². The Morgan fingerprint density at radius 1 is 1.11 bits per heavy atom. The van der Waals surface area contributed by atoms with E-state index in [9.17, 15) is 5.11 Å². The number of nitrogens with zero attached hydrogens (tertiary/aromatic N) is 2. The summed E-state index contributed by atoms with van der Waals surface area (Å²) in [5, 5.41) is 13.5. The maximum absolute atomic E-state index is 10.2.